The molecule has 0 aromatic heterocycles. The van der Waals surface area contributed by atoms with Gasteiger partial charge in [-0.1, -0.05) is 26.0 Å². The number of para-hydroxylation sites is 1. The van der Waals surface area contributed by atoms with Crippen LogP contribution in [0.4, 0.5) is 5.69 Å². The van der Waals surface area contributed by atoms with Gasteiger partial charge in [-0.3, -0.25) is 9.59 Å². The van der Waals surface area contributed by atoms with Gasteiger partial charge in [0.2, 0.25) is 11.8 Å². The molecule has 4 nitrogen and oxygen atoms in total. The first-order chi connectivity index (χ1) is 9.63. The van der Waals surface area contributed by atoms with E-state index in [2.05, 4.69) is 10.6 Å². The second-order valence-electron chi connectivity index (χ2n) is 4.88. The summed E-state index contributed by atoms with van der Waals surface area (Å²) in [7, 11) is 0. The normalized spacial score (nSPS) is 17.6. The number of amides is 2. The number of nitrogens with one attached hydrogen (secondary N) is 2. The number of benzene rings is 1. The number of anilines is 1. The fourth-order valence-electron chi connectivity index (χ4n) is 2.17. The Labute approximate surface area is 123 Å². The first-order valence-corrected chi connectivity index (χ1v) is 7.87. The first-order valence-electron chi connectivity index (χ1n) is 7.00. The van der Waals surface area contributed by atoms with Crippen molar-refractivity contribution in [3.8, 4) is 0 Å². The molecule has 1 aromatic carbocycles. The van der Waals surface area contributed by atoms with E-state index >= 15 is 0 Å². The van der Waals surface area contributed by atoms with Crippen molar-refractivity contribution in [2.75, 3.05) is 5.32 Å². The monoisotopic (exact) mass is 292 g/mol. The predicted molar refractivity (Wildman–Crippen MR) is 81.8 cm³/mol. The van der Waals surface area contributed by atoms with Crippen LogP contribution in [0, 0.1) is 0 Å². The van der Waals surface area contributed by atoms with Crippen molar-refractivity contribution in [1.29, 1.82) is 0 Å². The van der Waals surface area contributed by atoms with E-state index in [-0.39, 0.29) is 29.5 Å². The zero-order valence-electron chi connectivity index (χ0n) is 11.8. The lowest BCUT2D eigenvalue weighted by atomic mass is 10.1. The van der Waals surface area contributed by atoms with Crippen molar-refractivity contribution in [1.82, 2.24) is 5.32 Å². The average Bonchev–Trinajstić information content (AvgIpc) is 2.45. The SMILES string of the molecule is CCC(CC)NC(=O)C[C@@H]1Sc2ccccc2NC1=O. The smallest absolute Gasteiger partial charge is 0.238 e. The summed E-state index contributed by atoms with van der Waals surface area (Å²) in [4.78, 5) is 25.0. The van der Waals surface area contributed by atoms with Crippen molar-refractivity contribution in [3.05, 3.63) is 24.3 Å². The van der Waals surface area contributed by atoms with Crippen molar-refractivity contribution in [3.63, 3.8) is 0 Å². The summed E-state index contributed by atoms with van der Waals surface area (Å²) in [5, 5.41) is 5.48. The van der Waals surface area contributed by atoms with Gasteiger partial charge in [0.05, 0.1) is 10.9 Å². The highest BCUT2D eigenvalue weighted by atomic mass is 32.2. The maximum atomic E-state index is 12.0. The van der Waals surface area contributed by atoms with Gasteiger partial charge in [0.25, 0.3) is 0 Å². The van der Waals surface area contributed by atoms with Gasteiger partial charge < -0.3 is 10.6 Å². The Bertz CT molecular complexity index is 500. The van der Waals surface area contributed by atoms with Crippen LogP contribution in [0.15, 0.2) is 29.2 Å². The second kappa shape index (κ2) is 6.79. The number of rotatable bonds is 5. The molecule has 0 aliphatic carbocycles. The zero-order chi connectivity index (χ0) is 14.5. The summed E-state index contributed by atoms with van der Waals surface area (Å²) in [5.74, 6) is -0.140. The van der Waals surface area contributed by atoms with Crippen molar-refractivity contribution in [2.45, 2.75) is 49.3 Å². The minimum absolute atomic E-state index is 0.0502. The molecule has 5 heteroatoms. The summed E-state index contributed by atoms with van der Waals surface area (Å²) < 4.78 is 0. The Morgan fingerprint density at radius 1 is 1.35 bits per heavy atom. The summed E-state index contributed by atoms with van der Waals surface area (Å²) in [6, 6.07) is 7.86. The highest BCUT2D eigenvalue weighted by Crippen LogP contribution is 2.36. The minimum Gasteiger partial charge on any atom is -0.353 e. The van der Waals surface area contributed by atoms with Gasteiger partial charge in [-0.05, 0) is 25.0 Å². The lowest BCUT2D eigenvalue weighted by Gasteiger charge is -2.24. The van der Waals surface area contributed by atoms with Crippen LogP contribution in [-0.2, 0) is 9.59 Å². The van der Waals surface area contributed by atoms with E-state index < -0.39 is 0 Å². The van der Waals surface area contributed by atoms with Crippen LogP contribution in [0.1, 0.15) is 33.1 Å². The molecule has 0 fully saturated rings. The summed E-state index contributed by atoms with van der Waals surface area (Å²) in [6.45, 7) is 4.10. The average molecular weight is 292 g/mol. The zero-order valence-corrected chi connectivity index (χ0v) is 12.6. The van der Waals surface area contributed by atoms with Gasteiger partial charge in [-0.2, -0.15) is 0 Å². The molecule has 1 heterocycles. The molecule has 0 bridgehead atoms. The van der Waals surface area contributed by atoms with E-state index in [0.29, 0.717) is 0 Å². The van der Waals surface area contributed by atoms with Gasteiger partial charge in [-0.25, -0.2) is 0 Å². The summed E-state index contributed by atoms with van der Waals surface area (Å²) in [5.41, 5.74) is 0.833. The maximum Gasteiger partial charge on any atom is 0.238 e. The fourth-order valence-corrected chi connectivity index (χ4v) is 3.29. The second-order valence-corrected chi connectivity index (χ2v) is 6.12. The third-order valence-corrected chi connectivity index (χ3v) is 4.70. The van der Waals surface area contributed by atoms with Crippen LogP contribution in [-0.4, -0.2) is 23.1 Å². The molecule has 0 saturated heterocycles. The van der Waals surface area contributed by atoms with E-state index in [1.165, 1.54) is 11.8 Å². The molecule has 2 amide bonds. The number of carbonyl (C=O) groups excluding carboxylic acids is 2. The largest absolute Gasteiger partial charge is 0.353 e. The molecule has 0 radical (unpaired) electrons. The quantitative estimate of drug-likeness (QED) is 0.877. The van der Waals surface area contributed by atoms with E-state index in [4.69, 9.17) is 0 Å². The van der Waals surface area contributed by atoms with Crippen molar-refractivity contribution < 1.29 is 9.59 Å². The van der Waals surface area contributed by atoms with E-state index in [1.54, 1.807) is 0 Å². The van der Waals surface area contributed by atoms with E-state index in [1.807, 2.05) is 38.1 Å². The lowest BCUT2D eigenvalue weighted by Crippen LogP contribution is -2.38. The van der Waals surface area contributed by atoms with Crippen LogP contribution in [0.5, 0.6) is 0 Å². The Morgan fingerprint density at radius 2 is 2.05 bits per heavy atom. The molecule has 108 valence electrons. The molecule has 20 heavy (non-hydrogen) atoms. The molecule has 1 aliphatic heterocycles. The highest BCUT2D eigenvalue weighted by Gasteiger charge is 2.29. The number of hydrogen-bond donors (Lipinski definition) is 2. The van der Waals surface area contributed by atoms with Crippen LogP contribution >= 0.6 is 11.8 Å². The van der Waals surface area contributed by atoms with Gasteiger partial charge in [0.1, 0.15) is 0 Å². The number of fused-ring (bicyclic) bond motifs is 1. The van der Waals surface area contributed by atoms with Crippen LogP contribution in [0.2, 0.25) is 0 Å². The molecule has 2 rings (SSSR count). The number of hydrogen-bond acceptors (Lipinski definition) is 3. The molecule has 0 spiro atoms. The Morgan fingerprint density at radius 3 is 2.75 bits per heavy atom. The van der Waals surface area contributed by atoms with Gasteiger partial charge >= 0.3 is 0 Å². The molecule has 0 saturated carbocycles. The number of carbonyl (C=O) groups is 2. The van der Waals surface area contributed by atoms with Gasteiger partial charge in [0, 0.05) is 17.4 Å². The van der Waals surface area contributed by atoms with Crippen LogP contribution < -0.4 is 10.6 Å². The topological polar surface area (TPSA) is 58.2 Å². The first kappa shape index (κ1) is 14.9. The third-order valence-electron chi connectivity index (χ3n) is 3.43. The predicted octanol–water partition coefficient (Wildman–Crippen LogP) is 2.79. The Kier molecular flexibility index (Phi) is 5.06. The lowest BCUT2D eigenvalue weighted by molar-refractivity contribution is -0.124. The van der Waals surface area contributed by atoms with Gasteiger partial charge in [0.15, 0.2) is 0 Å². The summed E-state index contributed by atoms with van der Waals surface area (Å²) in [6.07, 6.45) is 2.05. The molecule has 1 atom stereocenters. The molecular weight excluding hydrogens is 272 g/mol. The molecule has 1 aliphatic rings. The third kappa shape index (κ3) is 3.54. The molecule has 1 aromatic rings. The maximum absolute atomic E-state index is 12.0. The fraction of sp³-hybridized carbons (Fsp3) is 0.467. The van der Waals surface area contributed by atoms with Crippen molar-refractivity contribution >= 4 is 29.3 Å². The standard InChI is InChI=1S/C15H20N2O2S/c1-3-10(4-2)16-14(18)9-13-15(19)17-11-7-5-6-8-12(11)20-13/h5-8,10,13H,3-4,9H2,1-2H3,(H,16,18)(H,17,19)/t13-/m0/s1. The summed E-state index contributed by atoms with van der Waals surface area (Å²) >= 11 is 1.46. The van der Waals surface area contributed by atoms with Crippen LogP contribution in [0.25, 0.3) is 0 Å². The Balaban J connectivity index is 1.97. The van der Waals surface area contributed by atoms with E-state index in [9.17, 15) is 9.59 Å². The van der Waals surface area contributed by atoms with Crippen LogP contribution in [0.3, 0.4) is 0 Å². The van der Waals surface area contributed by atoms with Crippen molar-refractivity contribution in [2.24, 2.45) is 0 Å². The highest BCUT2D eigenvalue weighted by molar-refractivity contribution is 8.01. The number of thioether (sulfide) groups is 1. The minimum atomic E-state index is -0.348. The molecular formula is C15H20N2O2S. The Hall–Kier alpha value is -1.49. The molecule has 2 N–H and O–H groups in total. The van der Waals surface area contributed by atoms with Gasteiger partial charge in [-0.15, -0.1) is 11.8 Å². The molecule has 0 unspecified atom stereocenters. The van der Waals surface area contributed by atoms with E-state index in [0.717, 1.165) is 23.4 Å².